The topological polar surface area (TPSA) is 38.9 Å². The highest BCUT2D eigenvalue weighted by Crippen LogP contribution is 2.28. The van der Waals surface area contributed by atoms with Crippen LogP contribution in [0.3, 0.4) is 0 Å². The van der Waals surface area contributed by atoms with Gasteiger partial charge in [-0.15, -0.1) is 0 Å². The van der Waals surface area contributed by atoms with Crippen LogP contribution in [0.1, 0.15) is 5.56 Å². The van der Waals surface area contributed by atoms with Gasteiger partial charge in [-0.2, -0.15) is 0 Å². The highest BCUT2D eigenvalue weighted by molar-refractivity contribution is 5.77. The molecule has 2 N–H and O–H groups in total. The number of rotatable bonds is 1. The summed E-state index contributed by atoms with van der Waals surface area (Å²) in [5.41, 5.74) is 9.07. The fourth-order valence-corrected chi connectivity index (χ4v) is 1.55. The van der Waals surface area contributed by atoms with Crippen molar-refractivity contribution in [1.82, 2.24) is 4.98 Å². The number of aryl methyl sites for hydroxylation is 1. The van der Waals surface area contributed by atoms with Crippen molar-refractivity contribution in [2.45, 2.75) is 6.92 Å². The van der Waals surface area contributed by atoms with Crippen LogP contribution in [0.2, 0.25) is 0 Å². The summed E-state index contributed by atoms with van der Waals surface area (Å²) in [6, 6.07) is 6.30. The van der Waals surface area contributed by atoms with E-state index >= 15 is 0 Å². The molecule has 15 heavy (non-hydrogen) atoms. The summed E-state index contributed by atoms with van der Waals surface area (Å²) in [6.45, 7) is 1.95. The lowest BCUT2D eigenvalue weighted by Crippen LogP contribution is -1.93. The van der Waals surface area contributed by atoms with Crippen molar-refractivity contribution >= 4 is 5.69 Å². The van der Waals surface area contributed by atoms with Gasteiger partial charge in [0.05, 0.1) is 0 Å². The first-order chi connectivity index (χ1) is 7.18. The van der Waals surface area contributed by atoms with Crippen LogP contribution in [0, 0.1) is 12.7 Å². The quantitative estimate of drug-likeness (QED) is 0.722. The number of pyridine rings is 1. The van der Waals surface area contributed by atoms with Crippen LogP contribution in [-0.4, -0.2) is 4.98 Å². The van der Waals surface area contributed by atoms with Gasteiger partial charge in [0, 0.05) is 23.6 Å². The molecule has 2 rings (SSSR count). The third-order valence-corrected chi connectivity index (χ3v) is 2.32. The van der Waals surface area contributed by atoms with E-state index in [1.165, 1.54) is 12.1 Å². The van der Waals surface area contributed by atoms with E-state index in [1.807, 2.05) is 13.0 Å². The summed E-state index contributed by atoms with van der Waals surface area (Å²) in [5, 5.41) is 0. The van der Waals surface area contributed by atoms with Gasteiger partial charge in [-0.3, -0.25) is 4.98 Å². The molecule has 0 bridgehead atoms. The number of nitrogens with two attached hydrogens (primary N) is 1. The molecular formula is C12H11FN2. The first kappa shape index (κ1) is 9.65. The van der Waals surface area contributed by atoms with Gasteiger partial charge in [0.2, 0.25) is 0 Å². The van der Waals surface area contributed by atoms with E-state index < -0.39 is 0 Å². The summed E-state index contributed by atoms with van der Waals surface area (Å²) >= 11 is 0. The number of hydrogen-bond acceptors (Lipinski definition) is 2. The van der Waals surface area contributed by atoms with Crippen molar-refractivity contribution in [3.8, 4) is 11.1 Å². The van der Waals surface area contributed by atoms with Crippen molar-refractivity contribution in [3.63, 3.8) is 0 Å². The van der Waals surface area contributed by atoms with E-state index in [-0.39, 0.29) is 5.82 Å². The Hall–Kier alpha value is -1.90. The molecule has 0 saturated carbocycles. The fourth-order valence-electron chi connectivity index (χ4n) is 1.55. The van der Waals surface area contributed by atoms with Crippen molar-refractivity contribution in [1.29, 1.82) is 0 Å². The Balaban J connectivity index is 2.60. The molecule has 0 spiro atoms. The minimum atomic E-state index is -0.317. The van der Waals surface area contributed by atoms with Crippen molar-refractivity contribution in [2.24, 2.45) is 0 Å². The van der Waals surface area contributed by atoms with Gasteiger partial charge in [0.1, 0.15) is 5.82 Å². The van der Waals surface area contributed by atoms with Crippen LogP contribution in [0.4, 0.5) is 10.1 Å². The summed E-state index contributed by atoms with van der Waals surface area (Å²) in [7, 11) is 0. The molecule has 0 saturated heterocycles. The first-order valence-corrected chi connectivity index (χ1v) is 4.64. The summed E-state index contributed by atoms with van der Waals surface area (Å²) in [4.78, 5) is 4.00. The molecule has 0 aliphatic heterocycles. The smallest absolute Gasteiger partial charge is 0.125 e. The Kier molecular flexibility index (Phi) is 2.37. The summed E-state index contributed by atoms with van der Waals surface area (Å²) < 4.78 is 12.9. The van der Waals surface area contributed by atoms with E-state index in [1.54, 1.807) is 18.5 Å². The van der Waals surface area contributed by atoms with Crippen LogP contribution in [-0.2, 0) is 0 Å². The minimum Gasteiger partial charge on any atom is -0.398 e. The Morgan fingerprint density at radius 1 is 1.20 bits per heavy atom. The van der Waals surface area contributed by atoms with Gasteiger partial charge < -0.3 is 5.73 Å². The van der Waals surface area contributed by atoms with Crippen molar-refractivity contribution in [3.05, 3.63) is 48.0 Å². The lowest BCUT2D eigenvalue weighted by molar-refractivity contribution is 0.628. The third kappa shape index (κ3) is 1.81. The van der Waals surface area contributed by atoms with Gasteiger partial charge >= 0.3 is 0 Å². The zero-order chi connectivity index (χ0) is 10.8. The van der Waals surface area contributed by atoms with E-state index in [0.29, 0.717) is 5.69 Å². The predicted molar refractivity (Wildman–Crippen MR) is 58.8 cm³/mol. The van der Waals surface area contributed by atoms with Crippen LogP contribution in [0.5, 0.6) is 0 Å². The van der Waals surface area contributed by atoms with Crippen molar-refractivity contribution < 1.29 is 4.39 Å². The van der Waals surface area contributed by atoms with Gasteiger partial charge in [-0.05, 0) is 42.3 Å². The summed E-state index contributed by atoms with van der Waals surface area (Å²) in [6.07, 6.45) is 3.46. The van der Waals surface area contributed by atoms with Crippen LogP contribution in [0.15, 0.2) is 36.7 Å². The minimum absolute atomic E-state index is 0.317. The molecule has 1 aromatic carbocycles. The van der Waals surface area contributed by atoms with E-state index in [2.05, 4.69) is 4.98 Å². The molecule has 0 unspecified atom stereocenters. The molecule has 0 aliphatic rings. The van der Waals surface area contributed by atoms with Gasteiger partial charge in [0.15, 0.2) is 0 Å². The number of nitrogen functional groups attached to an aromatic ring is 1. The van der Waals surface area contributed by atoms with Gasteiger partial charge in [-0.1, -0.05) is 0 Å². The molecule has 0 aliphatic carbocycles. The van der Waals surface area contributed by atoms with Crippen LogP contribution in [0.25, 0.3) is 11.1 Å². The van der Waals surface area contributed by atoms with E-state index in [9.17, 15) is 4.39 Å². The molecule has 0 atom stereocenters. The van der Waals surface area contributed by atoms with Gasteiger partial charge in [0.25, 0.3) is 0 Å². The number of hydrogen-bond donors (Lipinski definition) is 1. The molecule has 0 fully saturated rings. The van der Waals surface area contributed by atoms with E-state index in [0.717, 1.165) is 16.7 Å². The Morgan fingerprint density at radius 2 is 2.00 bits per heavy atom. The van der Waals surface area contributed by atoms with Crippen LogP contribution < -0.4 is 5.73 Å². The molecule has 1 aromatic heterocycles. The van der Waals surface area contributed by atoms with E-state index in [4.69, 9.17) is 5.73 Å². The SMILES string of the molecule is Cc1cnccc1-c1ccc(F)cc1N. The maximum absolute atomic E-state index is 12.9. The highest BCUT2D eigenvalue weighted by Gasteiger charge is 2.05. The standard InChI is InChI=1S/C12H11FN2/c1-8-7-15-5-4-10(8)11-3-2-9(13)6-12(11)14/h2-7H,14H2,1H3. The highest BCUT2D eigenvalue weighted by atomic mass is 19.1. The second-order valence-corrected chi connectivity index (χ2v) is 3.42. The summed E-state index contributed by atoms with van der Waals surface area (Å²) in [5.74, 6) is -0.317. The molecule has 2 nitrogen and oxygen atoms in total. The predicted octanol–water partition coefficient (Wildman–Crippen LogP) is 2.78. The largest absolute Gasteiger partial charge is 0.398 e. The zero-order valence-corrected chi connectivity index (χ0v) is 8.37. The Morgan fingerprint density at radius 3 is 2.67 bits per heavy atom. The fraction of sp³-hybridized carbons (Fsp3) is 0.0833. The molecule has 1 heterocycles. The second-order valence-electron chi connectivity index (χ2n) is 3.42. The normalized spacial score (nSPS) is 10.3. The number of nitrogens with zero attached hydrogens (tertiary/aromatic N) is 1. The third-order valence-electron chi connectivity index (χ3n) is 2.32. The monoisotopic (exact) mass is 202 g/mol. The maximum atomic E-state index is 12.9. The number of anilines is 1. The number of benzene rings is 1. The molecule has 3 heteroatoms. The second kappa shape index (κ2) is 3.69. The molecule has 0 radical (unpaired) electrons. The number of aromatic nitrogens is 1. The molecule has 0 amide bonds. The average molecular weight is 202 g/mol. The lowest BCUT2D eigenvalue weighted by atomic mass is 10.0. The molecular weight excluding hydrogens is 191 g/mol. The van der Waals surface area contributed by atoms with Crippen molar-refractivity contribution in [2.75, 3.05) is 5.73 Å². The average Bonchev–Trinajstić information content (AvgIpc) is 2.20. The number of halogens is 1. The van der Waals surface area contributed by atoms with Gasteiger partial charge in [-0.25, -0.2) is 4.39 Å². The lowest BCUT2D eigenvalue weighted by Gasteiger charge is -2.08. The first-order valence-electron chi connectivity index (χ1n) is 4.64. The molecule has 2 aromatic rings. The zero-order valence-electron chi connectivity index (χ0n) is 8.37. The Labute approximate surface area is 87.6 Å². The molecule has 76 valence electrons. The maximum Gasteiger partial charge on any atom is 0.125 e. The van der Waals surface area contributed by atoms with Crippen LogP contribution >= 0.6 is 0 Å². The Bertz CT molecular complexity index is 495.